The minimum Gasteiger partial charge on any atom is -0.508 e. The van der Waals surface area contributed by atoms with Crippen LogP contribution in [-0.2, 0) is 6.54 Å². The number of phenolic OH excluding ortho intramolecular Hbond substituents is 1. The van der Waals surface area contributed by atoms with Gasteiger partial charge in [0.05, 0.1) is 0 Å². The summed E-state index contributed by atoms with van der Waals surface area (Å²) in [5.41, 5.74) is 0.781. The highest BCUT2D eigenvalue weighted by Gasteiger charge is 2.19. The second kappa shape index (κ2) is 5.47. The quantitative estimate of drug-likeness (QED) is 0.838. The summed E-state index contributed by atoms with van der Waals surface area (Å²) in [7, 11) is 2.13. The molecule has 1 aromatic carbocycles. The number of nitrogens with zero attached hydrogens (tertiary/aromatic N) is 1. The Morgan fingerprint density at radius 2 is 2.29 bits per heavy atom. The molecule has 2 rings (SSSR count). The first kappa shape index (κ1) is 12.3. The Labute approximate surface area is 101 Å². The first-order valence-electron chi connectivity index (χ1n) is 6.04. The average Bonchev–Trinajstić information content (AvgIpc) is 2.63. The first-order valence-corrected chi connectivity index (χ1v) is 6.04. The topological polar surface area (TPSA) is 35.5 Å². The Balaban J connectivity index is 1.81. The zero-order valence-corrected chi connectivity index (χ0v) is 10.1. The van der Waals surface area contributed by atoms with Crippen molar-refractivity contribution in [2.24, 2.45) is 0 Å². The second-order valence-corrected chi connectivity index (χ2v) is 4.73. The Hall–Kier alpha value is -1.13. The van der Waals surface area contributed by atoms with E-state index in [2.05, 4.69) is 17.3 Å². The van der Waals surface area contributed by atoms with Gasteiger partial charge in [0.1, 0.15) is 11.6 Å². The van der Waals surface area contributed by atoms with E-state index in [-0.39, 0.29) is 11.6 Å². The van der Waals surface area contributed by atoms with Crippen LogP contribution in [-0.4, -0.2) is 36.2 Å². The van der Waals surface area contributed by atoms with Crippen LogP contribution in [0.3, 0.4) is 0 Å². The van der Waals surface area contributed by atoms with Crippen molar-refractivity contribution in [3.8, 4) is 5.75 Å². The molecule has 1 unspecified atom stereocenters. The van der Waals surface area contributed by atoms with Crippen molar-refractivity contribution in [1.29, 1.82) is 0 Å². The molecule has 17 heavy (non-hydrogen) atoms. The fourth-order valence-electron chi connectivity index (χ4n) is 2.36. The van der Waals surface area contributed by atoms with Crippen LogP contribution in [0.25, 0.3) is 0 Å². The third-order valence-corrected chi connectivity index (χ3v) is 3.32. The van der Waals surface area contributed by atoms with E-state index < -0.39 is 0 Å². The third kappa shape index (κ3) is 3.41. The summed E-state index contributed by atoms with van der Waals surface area (Å²) in [6.45, 7) is 2.66. The summed E-state index contributed by atoms with van der Waals surface area (Å²) in [6, 6.07) is 4.74. The monoisotopic (exact) mass is 238 g/mol. The number of nitrogens with one attached hydrogen (secondary N) is 1. The lowest BCUT2D eigenvalue weighted by molar-refractivity contribution is 0.300. The van der Waals surface area contributed by atoms with Crippen LogP contribution in [0.5, 0.6) is 5.75 Å². The molecule has 1 atom stereocenters. The highest BCUT2D eigenvalue weighted by atomic mass is 19.1. The Morgan fingerprint density at radius 1 is 1.47 bits per heavy atom. The molecule has 1 aliphatic rings. The van der Waals surface area contributed by atoms with Crippen molar-refractivity contribution in [3.05, 3.63) is 29.6 Å². The van der Waals surface area contributed by atoms with Gasteiger partial charge in [-0.1, -0.05) is 0 Å². The number of likely N-dealkylation sites (tertiary alicyclic amines) is 1. The van der Waals surface area contributed by atoms with Gasteiger partial charge in [-0.05, 0) is 44.1 Å². The lowest BCUT2D eigenvalue weighted by Gasteiger charge is -2.19. The molecule has 3 nitrogen and oxygen atoms in total. The predicted molar refractivity (Wildman–Crippen MR) is 65.4 cm³/mol. The normalized spacial score (nSPS) is 20.9. The van der Waals surface area contributed by atoms with Crippen LogP contribution in [0.4, 0.5) is 4.39 Å². The molecule has 0 aliphatic carbocycles. The average molecular weight is 238 g/mol. The van der Waals surface area contributed by atoms with E-state index in [0.717, 1.165) is 24.7 Å². The summed E-state index contributed by atoms with van der Waals surface area (Å²) in [6.07, 6.45) is 2.47. The summed E-state index contributed by atoms with van der Waals surface area (Å²) >= 11 is 0. The molecule has 1 aromatic rings. The van der Waals surface area contributed by atoms with E-state index >= 15 is 0 Å². The van der Waals surface area contributed by atoms with Crippen LogP contribution in [0.2, 0.25) is 0 Å². The van der Waals surface area contributed by atoms with Crippen LogP contribution in [0, 0.1) is 5.82 Å². The molecule has 0 bridgehead atoms. The highest BCUT2D eigenvalue weighted by molar-refractivity contribution is 5.28. The number of benzene rings is 1. The summed E-state index contributed by atoms with van der Waals surface area (Å²) in [5.74, 6) is -0.403. The summed E-state index contributed by atoms with van der Waals surface area (Å²) in [4.78, 5) is 2.34. The molecule has 0 radical (unpaired) electrons. The fraction of sp³-hybridized carbons (Fsp3) is 0.538. The first-order chi connectivity index (χ1) is 8.15. The van der Waals surface area contributed by atoms with Gasteiger partial charge in [0, 0.05) is 25.2 Å². The molecule has 1 aliphatic heterocycles. The molecule has 1 heterocycles. The van der Waals surface area contributed by atoms with Gasteiger partial charge in [-0.2, -0.15) is 0 Å². The molecular weight excluding hydrogens is 219 g/mol. The second-order valence-electron chi connectivity index (χ2n) is 4.73. The molecule has 94 valence electrons. The summed E-state index contributed by atoms with van der Waals surface area (Å²) < 4.78 is 13.0. The zero-order chi connectivity index (χ0) is 12.3. The van der Waals surface area contributed by atoms with Crippen molar-refractivity contribution < 1.29 is 9.50 Å². The third-order valence-electron chi connectivity index (χ3n) is 3.32. The van der Waals surface area contributed by atoms with Crippen LogP contribution >= 0.6 is 0 Å². The molecule has 0 amide bonds. The number of likely N-dealkylation sites (N-methyl/N-ethyl adjacent to an activating group) is 1. The van der Waals surface area contributed by atoms with Crippen LogP contribution in [0.15, 0.2) is 18.2 Å². The maximum Gasteiger partial charge on any atom is 0.127 e. The molecule has 0 saturated carbocycles. The van der Waals surface area contributed by atoms with Crippen molar-refractivity contribution >= 4 is 0 Å². The van der Waals surface area contributed by atoms with E-state index in [9.17, 15) is 9.50 Å². The molecule has 4 heteroatoms. The van der Waals surface area contributed by atoms with Gasteiger partial charge in [0.2, 0.25) is 0 Å². The number of aromatic hydroxyl groups is 1. The van der Waals surface area contributed by atoms with Gasteiger partial charge in [0.25, 0.3) is 0 Å². The van der Waals surface area contributed by atoms with E-state index in [0.29, 0.717) is 12.6 Å². The number of halogens is 1. The minimum absolute atomic E-state index is 0.0141. The predicted octanol–water partition coefficient (Wildman–Crippen LogP) is 1.72. The molecule has 1 saturated heterocycles. The van der Waals surface area contributed by atoms with Crippen molar-refractivity contribution in [3.63, 3.8) is 0 Å². The number of hydrogen-bond donors (Lipinski definition) is 2. The van der Waals surface area contributed by atoms with Crippen LogP contribution < -0.4 is 5.32 Å². The van der Waals surface area contributed by atoms with Gasteiger partial charge in [0.15, 0.2) is 0 Å². The van der Waals surface area contributed by atoms with Crippen LogP contribution in [0.1, 0.15) is 18.4 Å². The SMILES string of the molecule is CN1CCCC1CNCc1cc(O)cc(F)c1. The van der Waals surface area contributed by atoms with Gasteiger partial charge in [-0.3, -0.25) is 0 Å². The van der Waals surface area contributed by atoms with E-state index in [4.69, 9.17) is 0 Å². The number of phenols is 1. The molecular formula is C13H19FN2O. The highest BCUT2D eigenvalue weighted by Crippen LogP contribution is 2.16. The Bertz CT molecular complexity index is 363. The minimum atomic E-state index is -0.389. The van der Waals surface area contributed by atoms with Gasteiger partial charge < -0.3 is 15.3 Å². The largest absolute Gasteiger partial charge is 0.508 e. The lowest BCUT2D eigenvalue weighted by Crippen LogP contribution is -2.35. The van der Waals surface area contributed by atoms with Gasteiger partial charge in [-0.25, -0.2) is 4.39 Å². The summed E-state index contributed by atoms with van der Waals surface area (Å²) in [5, 5.41) is 12.6. The van der Waals surface area contributed by atoms with Gasteiger partial charge in [-0.15, -0.1) is 0 Å². The number of rotatable bonds is 4. The smallest absolute Gasteiger partial charge is 0.127 e. The van der Waals surface area contributed by atoms with Crippen molar-refractivity contribution in [2.75, 3.05) is 20.1 Å². The maximum atomic E-state index is 13.0. The van der Waals surface area contributed by atoms with Gasteiger partial charge >= 0.3 is 0 Å². The molecule has 1 fully saturated rings. The fourth-order valence-corrected chi connectivity index (χ4v) is 2.36. The maximum absolute atomic E-state index is 13.0. The standard InChI is InChI=1S/C13H19FN2O/c1-16-4-2-3-12(16)9-15-8-10-5-11(14)7-13(17)6-10/h5-7,12,15,17H,2-4,8-9H2,1H3. The van der Waals surface area contributed by atoms with E-state index in [1.54, 1.807) is 6.07 Å². The van der Waals surface area contributed by atoms with Crippen molar-refractivity contribution in [2.45, 2.75) is 25.4 Å². The lowest BCUT2D eigenvalue weighted by atomic mass is 10.2. The van der Waals surface area contributed by atoms with E-state index in [1.165, 1.54) is 18.9 Å². The molecule has 0 spiro atoms. The zero-order valence-electron chi connectivity index (χ0n) is 10.1. The molecule has 0 aromatic heterocycles. The Kier molecular flexibility index (Phi) is 3.97. The van der Waals surface area contributed by atoms with Crippen molar-refractivity contribution in [1.82, 2.24) is 10.2 Å². The van der Waals surface area contributed by atoms with E-state index in [1.807, 2.05) is 0 Å². The molecule has 2 N–H and O–H groups in total. The number of hydrogen-bond acceptors (Lipinski definition) is 3. The Morgan fingerprint density at radius 3 is 2.94 bits per heavy atom.